The molecule has 0 saturated heterocycles. The zero-order valence-corrected chi connectivity index (χ0v) is 11.7. The Morgan fingerprint density at radius 3 is 2.74 bits per heavy atom. The van der Waals surface area contributed by atoms with Crippen LogP contribution in [0.3, 0.4) is 0 Å². The molecule has 1 unspecified atom stereocenters. The normalized spacial score (nSPS) is 12.9. The van der Waals surface area contributed by atoms with Gasteiger partial charge in [-0.2, -0.15) is 0 Å². The highest BCUT2D eigenvalue weighted by molar-refractivity contribution is 7.98. The summed E-state index contributed by atoms with van der Waals surface area (Å²) in [6.07, 6.45) is 0. The molecule has 0 fully saturated rings. The lowest BCUT2D eigenvalue weighted by Gasteiger charge is -2.09. The first-order valence-corrected chi connectivity index (χ1v) is 7.01. The van der Waals surface area contributed by atoms with E-state index in [1.165, 1.54) is 17.8 Å². The minimum Gasteiger partial charge on any atom is -0.414 e. The van der Waals surface area contributed by atoms with Crippen LogP contribution < -0.4 is 5.73 Å². The van der Waals surface area contributed by atoms with Crippen molar-refractivity contribution < 1.29 is 8.81 Å². The molecule has 2 rings (SSSR count). The predicted octanol–water partition coefficient (Wildman–Crippen LogP) is 3.16. The van der Waals surface area contributed by atoms with Crippen molar-refractivity contribution in [3.63, 3.8) is 0 Å². The Labute approximate surface area is 115 Å². The first-order chi connectivity index (χ1) is 9.08. The SMILES string of the molecule is CC(C)C(N)c1nnc(SCc2ccccc2F)o1. The molecule has 4 nitrogen and oxygen atoms in total. The Hall–Kier alpha value is -1.40. The maximum Gasteiger partial charge on any atom is 0.276 e. The third kappa shape index (κ3) is 3.54. The smallest absolute Gasteiger partial charge is 0.276 e. The first-order valence-electron chi connectivity index (χ1n) is 6.03. The molecule has 1 heterocycles. The first kappa shape index (κ1) is 14.0. The van der Waals surface area contributed by atoms with Crippen molar-refractivity contribution in [2.45, 2.75) is 30.9 Å². The average molecular weight is 281 g/mol. The van der Waals surface area contributed by atoms with Gasteiger partial charge in [0.15, 0.2) is 0 Å². The zero-order valence-electron chi connectivity index (χ0n) is 10.8. The van der Waals surface area contributed by atoms with Crippen molar-refractivity contribution in [2.75, 3.05) is 0 Å². The van der Waals surface area contributed by atoms with Gasteiger partial charge in [-0.3, -0.25) is 0 Å². The van der Waals surface area contributed by atoms with E-state index in [2.05, 4.69) is 10.2 Å². The number of hydrogen-bond acceptors (Lipinski definition) is 5. The fraction of sp³-hybridized carbons (Fsp3) is 0.385. The second-order valence-corrected chi connectivity index (χ2v) is 5.48. The summed E-state index contributed by atoms with van der Waals surface area (Å²) < 4.78 is 18.9. The lowest BCUT2D eigenvalue weighted by molar-refractivity contribution is 0.349. The number of nitrogens with zero attached hydrogens (tertiary/aromatic N) is 2. The molecule has 0 aliphatic rings. The van der Waals surface area contributed by atoms with E-state index in [4.69, 9.17) is 10.2 Å². The standard InChI is InChI=1S/C13H16FN3OS/c1-8(2)11(15)12-16-17-13(18-12)19-7-9-5-3-4-6-10(9)14/h3-6,8,11H,7,15H2,1-2H3. The van der Waals surface area contributed by atoms with Gasteiger partial charge < -0.3 is 10.2 Å². The van der Waals surface area contributed by atoms with Crippen molar-refractivity contribution in [2.24, 2.45) is 11.7 Å². The van der Waals surface area contributed by atoms with Gasteiger partial charge in [-0.15, -0.1) is 10.2 Å². The second-order valence-electron chi connectivity index (χ2n) is 4.56. The molecule has 1 aromatic carbocycles. The number of nitrogens with two attached hydrogens (primary N) is 1. The van der Waals surface area contributed by atoms with Crippen LogP contribution in [0, 0.1) is 11.7 Å². The number of rotatable bonds is 5. The molecule has 6 heteroatoms. The molecular formula is C13H16FN3OS. The van der Waals surface area contributed by atoms with E-state index in [-0.39, 0.29) is 17.8 Å². The lowest BCUT2D eigenvalue weighted by atomic mass is 10.1. The molecule has 0 amide bonds. The average Bonchev–Trinajstić information content (AvgIpc) is 2.85. The topological polar surface area (TPSA) is 64.9 Å². The van der Waals surface area contributed by atoms with Crippen LogP contribution >= 0.6 is 11.8 Å². The van der Waals surface area contributed by atoms with Gasteiger partial charge in [0.05, 0.1) is 6.04 Å². The lowest BCUT2D eigenvalue weighted by Crippen LogP contribution is -2.16. The van der Waals surface area contributed by atoms with Crippen LogP contribution in [0.5, 0.6) is 0 Å². The number of aromatic nitrogens is 2. The number of hydrogen-bond donors (Lipinski definition) is 1. The quantitative estimate of drug-likeness (QED) is 0.853. The van der Waals surface area contributed by atoms with E-state index in [1.807, 2.05) is 13.8 Å². The van der Waals surface area contributed by atoms with Crippen LogP contribution in [0.25, 0.3) is 0 Å². The zero-order chi connectivity index (χ0) is 13.8. The summed E-state index contributed by atoms with van der Waals surface area (Å²) in [5, 5.41) is 8.24. The Balaban J connectivity index is 1.99. The fourth-order valence-corrected chi connectivity index (χ4v) is 2.21. The van der Waals surface area contributed by atoms with Gasteiger partial charge in [-0.05, 0) is 17.5 Å². The van der Waals surface area contributed by atoms with E-state index < -0.39 is 0 Å². The monoisotopic (exact) mass is 281 g/mol. The highest BCUT2D eigenvalue weighted by Crippen LogP contribution is 2.25. The number of halogens is 1. The van der Waals surface area contributed by atoms with Crippen LogP contribution in [0.4, 0.5) is 4.39 Å². The Kier molecular flexibility index (Phi) is 4.55. The minimum absolute atomic E-state index is 0.227. The number of thioether (sulfide) groups is 1. The molecule has 2 aromatic rings. The molecule has 1 atom stereocenters. The van der Waals surface area contributed by atoms with Crippen LogP contribution in [-0.4, -0.2) is 10.2 Å². The van der Waals surface area contributed by atoms with Gasteiger partial charge in [0.25, 0.3) is 5.22 Å². The highest BCUT2D eigenvalue weighted by atomic mass is 32.2. The van der Waals surface area contributed by atoms with Gasteiger partial charge in [0, 0.05) is 5.75 Å². The maximum atomic E-state index is 13.4. The second kappa shape index (κ2) is 6.16. The minimum atomic E-state index is -0.268. The van der Waals surface area contributed by atoms with Crippen LogP contribution in [0.15, 0.2) is 33.9 Å². The molecule has 0 aliphatic heterocycles. The third-order valence-corrected chi connectivity index (χ3v) is 3.60. The van der Waals surface area contributed by atoms with Crippen molar-refractivity contribution >= 4 is 11.8 Å². The molecule has 0 bridgehead atoms. The summed E-state index contributed by atoms with van der Waals surface area (Å²) >= 11 is 1.30. The molecule has 19 heavy (non-hydrogen) atoms. The van der Waals surface area contributed by atoms with Crippen molar-refractivity contribution in [1.82, 2.24) is 10.2 Å². The van der Waals surface area contributed by atoms with Crippen LogP contribution in [0.1, 0.15) is 31.3 Å². The Bertz CT molecular complexity index is 544. The third-order valence-electron chi connectivity index (χ3n) is 2.73. The molecular weight excluding hydrogens is 265 g/mol. The molecule has 102 valence electrons. The van der Waals surface area contributed by atoms with Gasteiger partial charge in [-0.1, -0.05) is 43.8 Å². The van der Waals surface area contributed by atoms with E-state index in [0.29, 0.717) is 22.4 Å². The summed E-state index contributed by atoms with van der Waals surface area (Å²) in [5.74, 6) is 0.870. The summed E-state index contributed by atoms with van der Waals surface area (Å²) in [6, 6.07) is 6.36. The van der Waals surface area contributed by atoms with Gasteiger partial charge in [-0.25, -0.2) is 4.39 Å². The van der Waals surface area contributed by atoms with Gasteiger partial charge >= 0.3 is 0 Å². The molecule has 0 saturated carbocycles. The van der Waals surface area contributed by atoms with Gasteiger partial charge in [0.2, 0.25) is 5.89 Å². The summed E-state index contributed by atoms with van der Waals surface area (Å²) in [5.41, 5.74) is 6.53. The van der Waals surface area contributed by atoms with Crippen molar-refractivity contribution in [1.29, 1.82) is 0 Å². The van der Waals surface area contributed by atoms with E-state index in [9.17, 15) is 4.39 Å². The van der Waals surface area contributed by atoms with E-state index >= 15 is 0 Å². The fourth-order valence-electron chi connectivity index (χ4n) is 1.45. The highest BCUT2D eigenvalue weighted by Gasteiger charge is 2.18. The van der Waals surface area contributed by atoms with Gasteiger partial charge in [0.1, 0.15) is 5.82 Å². The Morgan fingerprint density at radius 1 is 1.32 bits per heavy atom. The van der Waals surface area contributed by atoms with Crippen LogP contribution in [0.2, 0.25) is 0 Å². The molecule has 1 aromatic heterocycles. The summed E-state index contributed by atoms with van der Waals surface area (Å²) in [7, 11) is 0. The number of benzene rings is 1. The van der Waals surface area contributed by atoms with Crippen molar-refractivity contribution in [3.8, 4) is 0 Å². The largest absolute Gasteiger partial charge is 0.414 e. The summed E-state index contributed by atoms with van der Waals surface area (Å²) in [6.45, 7) is 3.97. The Morgan fingerprint density at radius 2 is 2.05 bits per heavy atom. The molecule has 0 spiro atoms. The van der Waals surface area contributed by atoms with E-state index in [0.717, 1.165) is 0 Å². The molecule has 0 aliphatic carbocycles. The summed E-state index contributed by atoms with van der Waals surface area (Å²) in [4.78, 5) is 0. The van der Waals surface area contributed by atoms with Crippen molar-refractivity contribution in [3.05, 3.63) is 41.5 Å². The predicted molar refractivity (Wildman–Crippen MR) is 72.0 cm³/mol. The maximum absolute atomic E-state index is 13.4. The van der Waals surface area contributed by atoms with E-state index in [1.54, 1.807) is 18.2 Å². The molecule has 0 radical (unpaired) electrons. The molecule has 2 N–H and O–H groups in total. The van der Waals surface area contributed by atoms with Crippen LogP contribution in [-0.2, 0) is 5.75 Å².